The standard InChI is InChI=1S/C13H17N5O2S/c1-14-8-11-2-3-13(16-9-11)21(19,20)18-7-6-17-5-4-15-12(17)10-18/h2-5,9,14H,6-8,10H2,1H3. The molecule has 21 heavy (non-hydrogen) atoms. The van der Waals surface area contributed by atoms with E-state index in [4.69, 9.17) is 0 Å². The molecule has 0 fully saturated rings. The summed E-state index contributed by atoms with van der Waals surface area (Å²) in [5.41, 5.74) is 0.950. The van der Waals surface area contributed by atoms with Crippen LogP contribution < -0.4 is 5.32 Å². The van der Waals surface area contributed by atoms with Crippen LogP contribution in [0.25, 0.3) is 0 Å². The Hall–Kier alpha value is -1.77. The van der Waals surface area contributed by atoms with Gasteiger partial charge in [-0.3, -0.25) is 0 Å². The van der Waals surface area contributed by atoms with Gasteiger partial charge in [-0.05, 0) is 18.7 Å². The highest BCUT2D eigenvalue weighted by molar-refractivity contribution is 7.89. The molecule has 2 aromatic heterocycles. The van der Waals surface area contributed by atoms with Gasteiger partial charge in [-0.1, -0.05) is 6.07 Å². The SMILES string of the molecule is CNCc1ccc(S(=O)(=O)N2CCn3ccnc3C2)nc1. The van der Waals surface area contributed by atoms with E-state index in [1.54, 1.807) is 24.5 Å². The van der Waals surface area contributed by atoms with Gasteiger partial charge < -0.3 is 9.88 Å². The van der Waals surface area contributed by atoms with Crippen LogP contribution >= 0.6 is 0 Å². The van der Waals surface area contributed by atoms with E-state index in [1.807, 2.05) is 17.8 Å². The van der Waals surface area contributed by atoms with E-state index >= 15 is 0 Å². The largest absolute Gasteiger partial charge is 0.333 e. The molecule has 0 amide bonds. The van der Waals surface area contributed by atoms with E-state index in [9.17, 15) is 8.42 Å². The Morgan fingerprint density at radius 1 is 1.29 bits per heavy atom. The Kier molecular flexibility index (Phi) is 3.75. The van der Waals surface area contributed by atoms with Gasteiger partial charge in [0.25, 0.3) is 10.0 Å². The van der Waals surface area contributed by atoms with Crippen molar-refractivity contribution in [1.82, 2.24) is 24.2 Å². The third-order valence-corrected chi connectivity index (χ3v) is 5.25. The summed E-state index contributed by atoms with van der Waals surface area (Å²) in [5, 5.41) is 3.09. The highest BCUT2D eigenvalue weighted by Gasteiger charge is 2.29. The number of sulfonamides is 1. The smallest absolute Gasteiger partial charge is 0.260 e. The van der Waals surface area contributed by atoms with Gasteiger partial charge in [0.05, 0.1) is 6.54 Å². The predicted octanol–water partition coefficient (Wildman–Crippen LogP) is 0.202. The van der Waals surface area contributed by atoms with Crippen LogP contribution in [0.3, 0.4) is 0 Å². The normalized spacial score (nSPS) is 15.9. The lowest BCUT2D eigenvalue weighted by Crippen LogP contribution is -2.38. The first-order chi connectivity index (χ1) is 10.1. The number of rotatable bonds is 4. The van der Waals surface area contributed by atoms with Crippen molar-refractivity contribution in [2.24, 2.45) is 0 Å². The molecule has 8 heteroatoms. The minimum atomic E-state index is -3.57. The first-order valence-electron chi connectivity index (χ1n) is 6.71. The molecule has 1 N–H and O–H groups in total. The van der Waals surface area contributed by atoms with Crippen molar-refractivity contribution in [3.05, 3.63) is 42.1 Å². The monoisotopic (exact) mass is 307 g/mol. The van der Waals surface area contributed by atoms with Crippen LogP contribution in [0.5, 0.6) is 0 Å². The molecule has 112 valence electrons. The number of imidazole rings is 1. The molecule has 1 aliphatic heterocycles. The summed E-state index contributed by atoms with van der Waals surface area (Å²) >= 11 is 0. The molecule has 0 atom stereocenters. The van der Waals surface area contributed by atoms with Crippen molar-refractivity contribution < 1.29 is 8.42 Å². The number of nitrogens with zero attached hydrogens (tertiary/aromatic N) is 4. The van der Waals surface area contributed by atoms with E-state index < -0.39 is 10.0 Å². The van der Waals surface area contributed by atoms with Crippen LogP contribution in [-0.2, 0) is 29.7 Å². The summed E-state index contributed by atoms with van der Waals surface area (Å²) in [7, 11) is -1.73. The Morgan fingerprint density at radius 3 is 2.86 bits per heavy atom. The molecule has 7 nitrogen and oxygen atoms in total. The molecule has 0 bridgehead atoms. The maximum Gasteiger partial charge on any atom is 0.260 e. The minimum Gasteiger partial charge on any atom is -0.333 e. The number of nitrogens with one attached hydrogen (secondary N) is 1. The lowest BCUT2D eigenvalue weighted by Gasteiger charge is -2.26. The van der Waals surface area contributed by atoms with Crippen molar-refractivity contribution in [2.45, 2.75) is 24.7 Å². The zero-order valence-corrected chi connectivity index (χ0v) is 12.5. The number of fused-ring (bicyclic) bond motifs is 1. The van der Waals surface area contributed by atoms with Crippen LogP contribution in [0.2, 0.25) is 0 Å². The molecule has 0 saturated carbocycles. The van der Waals surface area contributed by atoms with Crippen LogP contribution in [0.4, 0.5) is 0 Å². The van der Waals surface area contributed by atoms with E-state index in [-0.39, 0.29) is 11.6 Å². The molecule has 0 spiro atoms. The number of aromatic nitrogens is 3. The van der Waals surface area contributed by atoms with Crippen LogP contribution in [0.15, 0.2) is 35.7 Å². The maximum atomic E-state index is 12.6. The van der Waals surface area contributed by atoms with Crippen LogP contribution in [-0.4, -0.2) is 40.9 Å². The summed E-state index contributed by atoms with van der Waals surface area (Å²) in [6, 6.07) is 3.34. The van der Waals surface area contributed by atoms with Crippen LogP contribution in [0, 0.1) is 0 Å². The lowest BCUT2D eigenvalue weighted by molar-refractivity contribution is 0.334. The van der Waals surface area contributed by atoms with E-state index in [0.29, 0.717) is 19.6 Å². The van der Waals surface area contributed by atoms with Crippen molar-refractivity contribution in [3.8, 4) is 0 Å². The topological polar surface area (TPSA) is 80.1 Å². The second-order valence-electron chi connectivity index (χ2n) is 4.91. The quantitative estimate of drug-likeness (QED) is 0.873. The molecule has 0 unspecified atom stereocenters. The first-order valence-corrected chi connectivity index (χ1v) is 8.15. The number of hydrogen-bond acceptors (Lipinski definition) is 5. The summed E-state index contributed by atoms with van der Waals surface area (Å²) in [5.74, 6) is 0.761. The van der Waals surface area contributed by atoms with E-state index in [2.05, 4.69) is 15.3 Å². The molecule has 0 aromatic carbocycles. The van der Waals surface area contributed by atoms with Gasteiger partial charge >= 0.3 is 0 Å². The molecule has 0 saturated heterocycles. The zero-order chi connectivity index (χ0) is 14.9. The minimum absolute atomic E-state index is 0.0855. The van der Waals surface area contributed by atoms with Crippen molar-refractivity contribution in [3.63, 3.8) is 0 Å². The summed E-state index contributed by atoms with van der Waals surface area (Å²) < 4.78 is 28.6. The molecule has 3 heterocycles. The number of hydrogen-bond donors (Lipinski definition) is 1. The molecular formula is C13H17N5O2S. The Balaban J connectivity index is 1.84. The fourth-order valence-corrected chi connectivity index (χ4v) is 3.66. The molecule has 2 aromatic rings. The predicted molar refractivity (Wildman–Crippen MR) is 76.8 cm³/mol. The van der Waals surface area contributed by atoms with Gasteiger partial charge in [0.1, 0.15) is 5.82 Å². The Morgan fingerprint density at radius 2 is 2.14 bits per heavy atom. The van der Waals surface area contributed by atoms with E-state index in [1.165, 1.54) is 4.31 Å². The van der Waals surface area contributed by atoms with Crippen molar-refractivity contribution in [1.29, 1.82) is 0 Å². The van der Waals surface area contributed by atoms with Crippen molar-refractivity contribution >= 4 is 10.0 Å². The molecule has 0 aliphatic carbocycles. The van der Waals surface area contributed by atoms with Crippen molar-refractivity contribution in [2.75, 3.05) is 13.6 Å². The highest BCUT2D eigenvalue weighted by Crippen LogP contribution is 2.19. The Labute approximate surface area is 123 Å². The summed E-state index contributed by atoms with van der Waals surface area (Å²) in [6.45, 7) is 2.00. The van der Waals surface area contributed by atoms with E-state index in [0.717, 1.165) is 11.4 Å². The fourth-order valence-electron chi connectivity index (χ4n) is 2.36. The van der Waals surface area contributed by atoms with Gasteiger partial charge in [0, 0.05) is 38.2 Å². The highest BCUT2D eigenvalue weighted by atomic mass is 32.2. The van der Waals surface area contributed by atoms with Gasteiger partial charge in [0.15, 0.2) is 5.03 Å². The second kappa shape index (κ2) is 5.55. The Bertz CT molecular complexity index is 723. The molecule has 3 rings (SSSR count). The second-order valence-corrected chi connectivity index (χ2v) is 6.80. The molecule has 1 aliphatic rings. The first kappa shape index (κ1) is 14.2. The number of pyridine rings is 1. The average Bonchev–Trinajstić information content (AvgIpc) is 2.95. The summed E-state index contributed by atoms with van der Waals surface area (Å²) in [4.78, 5) is 8.27. The third kappa shape index (κ3) is 2.69. The zero-order valence-electron chi connectivity index (χ0n) is 11.7. The maximum absolute atomic E-state index is 12.6. The summed E-state index contributed by atoms with van der Waals surface area (Å²) in [6.07, 6.45) is 5.15. The molecular weight excluding hydrogens is 290 g/mol. The fraction of sp³-hybridized carbons (Fsp3) is 0.385. The third-order valence-electron chi connectivity index (χ3n) is 3.49. The van der Waals surface area contributed by atoms with Gasteiger partial charge in [-0.2, -0.15) is 4.31 Å². The molecule has 0 radical (unpaired) electrons. The van der Waals surface area contributed by atoms with Gasteiger partial charge in [-0.25, -0.2) is 18.4 Å². The van der Waals surface area contributed by atoms with Gasteiger partial charge in [0.2, 0.25) is 0 Å². The van der Waals surface area contributed by atoms with Gasteiger partial charge in [-0.15, -0.1) is 0 Å². The lowest BCUT2D eigenvalue weighted by atomic mass is 10.3. The van der Waals surface area contributed by atoms with Crippen LogP contribution in [0.1, 0.15) is 11.4 Å². The average molecular weight is 307 g/mol.